The summed E-state index contributed by atoms with van der Waals surface area (Å²) in [7, 11) is 0. The zero-order chi connectivity index (χ0) is 24.2. The summed E-state index contributed by atoms with van der Waals surface area (Å²) in [6.07, 6.45) is 4.47. The molecule has 0 unspecified atom stereocenters. The molecule has 2 aromatic rings. The van der Waals surface area contributed by atoms with Crippen molar-refractivity contribution in [1.29, 1.82) is 0 Å². The molecule has 0 spiro atoms. The van der Waals surface area contributed by atoms with Crippen molar-refractivity contribution < 1.29 is 9.59 Å². The maximum Gasteiger partial charge on any atom is 0.266 e. The first kappa shape index (κ1) is 24.9. The molecule has 1 aromatic carbocycles. The molecule has 3 N–H and O–H groups in total. The number of anilines is 1. The number of likely N-dealkylation sites (tertiary alicyclic amines) is 1. The van der Waals surface area contributed by atoms with Crippen molar-refractivity contribution in [3.05, 3.63) is 57.2 Å². The smallest absolute Gasteiger partial charge is 0.266 e. The van der Waals surface area contributed by atoms with Gasteiger partial charge in [-0.2, -0.15) is 0 Å². The lowest BCUT2D eigenvalue weighted by molar-refractivity contribution is 0.0490. The van der Waals surface area contributed by atoms with Crippen LogP contribution in [0.5, 0.6) is 0 Å². The van der Waals surface area contributed by atoms with Crippen LogP contribution >= 0.6 is 27.5 Å². The molecule has 0 bridgehead atoms. The minimum atomic E-state index is -0.415. The van der Waals surface area contributed by atoms with E-state index in [0.29, 0.717) is 28.5 Å². The number of pyridine rings is 1. The van der Waals surface area contributed by atoms with Gasteiger partial charge in [0.2, 0.25) is 0 Å². The van der Waals surface area contributed by atoms with Crippen molar-refractivity contribution in [1.82, 2.24) is 20.2 Å². The lowest BCUT2D eigenvalue weighted by Crippen LogP contribution is -2.58. The van der Waals surface area contributed by atoms with Crippen molar-refractivity contribution in [2.75, 3.05) is 37.6 Å². The molecule has 1 atom stereocenters. The Morgan fingerprint density at radius 1 is 1.15 bits per heavy atom. The molecule has 34 heavy (non-hydrogen) atoms. The summed E-state index contributed by atoms with van der Waals surface area (Å²) in [5.41, 5.74) is 3.18. The van der Waals surface area contributed by atoms with Gasteiger partial charge in [0, 0.05) is 61.0 Å². The number of piperazine rings is 1. The molecule has 0 radical (unpaired) electrons. The number of piperidine rings is 1. The third kappa shape index (κ3) is 5.38. The fraction of sp³-hybridized carbons (Fsp3) is 0.458. The first-order chi connectivity index (χ1) is 16.4. The lowest BCUT2D eigenvalue weighted by atomic mass is 9.97. The zero-order valence-electron chi connectivity index (χ0n) is 19.2. The number of hydrogen-bond acceptors (Lipinski definition) is 6. The Labute approximate surface area is 213 Å². The lowest BCUT2D eigenvalue weighted by Gasteiger charge is -2.47. The van der Waals surface area contributed by atoms with E-state index >= 15 is 0 Å². The number of hydrazine groups is 1. The molecule has 8 nitrogen and oxygen atoms in total. The van der Waals surface area contributed by atoms with E-state index < -0.39 is 5.91 Å². The number of nitrogens with two attached hydrogens (primary N) is 1. The highest BCUT2D eigenvalue weighted by Crippen LogP contribution is 2.30. The van der Waals surface area contributed by atoms with Gasteiger partial charge >= 0.3 is 0 Å². The van der Waals surface area contributed by atoms with Crippen LogP contribution in [-0.2, 0) is 0 Å². The van der Waals surface area contributed by atoms with Gasteiger partial charge in [0.1, 0.15) is 5.82 Å². The molecule has 2 aliphatic rings. The standard InChI is InChI=1S/C24H30BrClN6O2/c1-2-19-15-31(22-21(26)13-17(14-28-22)23(33)29-27)11-12-32(19)20-7-9-30(10-8-20)24(34)16-3-5-18(25)6-4-16/h3-6,13-14,19-20H,2,7-12,15,27H2,1H3,(H,29,33)/t19-/m0/s1. The topological polar surface area (TPSA) is 94.8 Å². The van der Waals surface area contributed by atoms with Gasteiger partial charge in [-0.05, 0) is 49.6 Å². The fourth-order valence-electron chi connectivity index (χ4n) is 4.95. The van der Waals surface area contributed by atoms with Crippen LogP contribution in [0.1, 0.15) is 46.9 Å². The maximum atomic E-state index is 12.9. The summed E-state index contributed by atoms with van der Waals surface area (Å²) in [5.74, 6) is 5.60. The van der Waals surface area contributed by atoms with E-state index in [1.54, 1.807) is 6.07 Å². The number of carbonyl (C=O) groups is 2. The second kappa shape index (κ2) is 11.0. The number of rotatable bonds is 5. The molecule has 1 aromatic heterocycles. The first-order valence-electron chi connectivity index (χ1n) is 11.6. The summed E-state index contributed by atoms with van der Waals surface area (Å²) in [6.45, 7) is 6.29. The number of carbonyl (C=O) groups excluding carboxylic acids is 2. The van der Waals surface area contributed by atoms with Crippen molar-refractivity contribution in [3.8, 4) is 0 Å². The highest BCUT2D eigenvalue weighted by Gasteiger charge is 2.34. The molecular weight excluding hydrogens is 520 g/mol. The van der Waals surface area contributed by atoms with Gasteiger partial charge in [0.25, 0.3) is 11.8 Å². The number of halogens is 2. The molecule has 0 saturated carbocycles. The minimum Gasteiger partial charge on any atom is -0.353 e. The highest BCUT2D eigenvalue weighted by molar-refractivity contribution is 9.10. The zero-order valence-corrected chi connectivity index (χ0v) is 21.6. The Kier molecular flexibility index (Phi) is 8.08. The van der Waals surface area contributed by atoms with Gasteiger partial charge in [0.05, 0.1) is 10.6 Å². The van der Waals surface area contributed by atoms with Crippen LogP contribution < -0.4 is 16.2 Å². The van der Waals surface area contributed by atoms with Crippen LogP contribution in [0.15, 0.2) is 41.0 Å². The molecule has 0 aliphatic carbocycles. The summed E-state index contributed by atoms with van der Waals surface area (Å²) >= 11 is 9.89. The van der Waals surface area contributed by atoms with Gasteiger partial charge in [-0.25, -0.2) is 10.8 Å². The van der Waals surface area contributed by atoms with E-state index in [1.807, 2.05) is 29.2 Å². The first-order valence-corrected chi connectivity index (χ1v) is 12.8. The van der Waals surface area contributed by atoms with Crippen LogP contribution in [0, 0.1) is 0 Å². The average molecular weight is 550 g/mol. The number of nitrogens with zero attached hydrogens (tertiary/aromatic N) is 4. The molecule has 10 heteroatoms. The second-order valence-corrected chi connectivity index (χ2v) is 10.1. The Bertz CT molecular complexity index is 1030. The van der Waals surface area contributed by atoms with Gasteiger partial charge < -0.3 is 9.80 Å². The third-order valence-electron chi connectivity index (χ3n) is 6.83. The Morgan fingerprint density at radius 3 is 2.47 bits per heavy atom. The van der Waals surface area contributed by atoms with Crippen LogP contribution in [0.3, 0.4) is 0 Å². The fourth-order valence-corrected chi connectivity index (χ4v) is 5.50. The summed E-state index contributed by atoms with van der Waals surface area (Å²) in [5, 5.41) is 0.448. The second-order valence-electron chi connectivity index (χ2n) is 8.78. The van der Waals surface area contributed by atoms with E-state index in [4.69, 9.17) is 17.4 Å². The Balaban J connectivity index is 1.36. The SMILES string of the molecule is CC[C@H]1CN(c2ncc(C(=O)NN)cc2Cl)CCN1C1CCN(C(=O)c2ccc(Br)cc2)CC1. The van der Waals surface area contributed by atoms with E-state index in [9.17, 15) is 9.59 Å². The van der Waals surface area contributed by atoms with Crippen molar-refractivity contribution in [2.45, 2.75) is 38.3 Å². The molecule has 2 aliphatic heterocycles. The van der Waals surface area contributed by atoms with Crippen LogP contribution in [-0.4, -0.2) is 71.4 Å². The number of hydrogen-bond donors (Lipinski definition) is 2. The predicted molar refractivity (Wildman–Crippen MR) is 137 cm³/mol. The average Bonchev–Trinajstić information content (AvgIpc) is 2.88. The van der Waals surface area contributed by atoms with Crippen molar-refractivity contribution in [2.24, 2.45) is 5.84 Å². The van der Waals surface area contributed by atoms with E-state index in [2.05, 4.69) is 43.1 Å². The number of benzene rings is 1. The van der Waals surface area contributed by atoms with Crippen molar-refractivity contribution in [3.63, 3.8) is 0 Å². The highest BCUT2D eigenvalue weighted by atomic mass is 79.9. The van der Waals surface area contributed by atoms with Gasteiger partial charge in [-0.3, -0.25) is 19.9 Å². The maximum absolute atomic E-state index is 12.9. The molecule has 2 amide bonds. The Morgan fingerprint density at radius 2 is 1.85 bits per heavy atom. The predicted octanol–water partition coefficient (Wildman–Crippen LogP) is 3.31. The molecule has 2 fully saturated rings. The van der Waals surface area contributed by atoms with Gasteiger partial charge in [0.15, 0.2) is 0 Å². The van der Waals surface area contributed by atoms with Crippen LogP contribution in [0.4, 0.5) is 5.82 Å². The number of amides is 2. The molecule has 3 heterocycles. The summed E-state index contributed by atoms with van der Waals surface area (Å²) in [4.78, 5) is 35.8. The van der Waals surface area contributed by atoms with E-state index in [-0.39, 0.29) is 5.91 Å². The number of nitrogens with one attached hydrogen (secondary N) is 1. The number of nitrogen functional groups attached to an aromatic ring is 1. The van der Waals surface area contributed by atoms with E-state index in [1.165, 1.54) is 6.20 Å². The molecule has 2 saturated heterocycles. The Hall–Kier alpha value is -2.20. The molecular formula is C24H30BrClN6O2. The minimum absolute atomic E-state index is 0.107. The largest absolute Gasteiger partial charge is 0.353 e. The summed E-state index contributed by atoms with van der Waals surface area (Å²) < 4.78 is 0.973. The molecule has 4 rings (SSSR count). The monoisotopic (exact) mass is 548 g/mol. The van der Waals surface area contributed by atoms with Gasteiger partial charge in [-0.1, -0.05) is 34.5 Å². The van der Waals surface area contributed by atoms with Gasteiger partial charge in [-0.15, -0.1) is 0 Å². The quantitative estimate of drug-likeness (QED) is 0.338. The molecule has 182 valence electrons. The normalized spacial score (nSPS) is 19.8. The van der Waals surface area contributed by atoms with E-state index in [0.717, 1.165) is 62.0 Å². The third-order valence-corrected chi connectivity index (χ3v) is 7.63. The number of aromatic nitrogens is 1. The van der Waals surface area contributed by atoms with Crippen LogP contribution in [0.2, 0.25) is 5.02 Å². The van der Waals surface area contributed by atoms with Crippen LogP contribution in [0.25, 0.3) is 0 Å². The van der Waals surface area contributed by atoms with Crippen molar-refractivity contribution >= 4 is 45.2 Å². The summed E-state index contributed by atoms with van der Waals surface area (Å²) in [6, 6.07) is 10.0.